The molecule has 0 spiro atoms. The van der Waals surface area contributed by atoms with Crippen LogP contribution in [0, 0.1) is 46.3 Å². The van der Waals surface area contributed by atoms with Crippen molar-refractivity contribution in [3.63, 3.8) is 0 Å². The zero-order valence-corrected chi connectivity index (χ0v) is 31.7. The van der Waals surface area contributed by atoms with Crippen LogP contribution in [0.15, 0.2) is 23.3 Å². The number of fused-ring (bicyclic) bond motifs is 5. The Morgan fingerprint density at radius 2 is 1.72 bits per heavy atom. The minimum atomic E-state index is -1.76. The number of allylic oxidation sites excluding steroid dienone is 2. The van der Waals surface area contributed by atoms with Gasteiger partial charge in [0.1, 0.15) is 0 Å². The van der Waals surface area contributed by atoms with Gasteiger partial charge in [0.25, 0.3) is 0 Å². The zero-order valence-electron chi connectivity index (χ0n) is 29.6. The largest absolute Gasteiger partial charge is 0.466 e. The topological polar surface area (TPSA) is 44.8 Å². The second-order valence-electron chi connectivity index (χ2n) is 17.2. The standard InChI is InChI=1S/C37H65O4PSi/c1-24(2)27(18-21-39-26(4)38)22-34(40-42)25(3)31-14-15-32-30-13-12-28-23-29(41-43(10,11)35(5,6)7)16-19-36(28,8)33(30)17-20-37(31,32)9/h12,14,24-25,27,29-30,32-34H,13,15-23,42H2,1-11H3/t25?,27?,29-,30?,32?,33?,34?,36-,37+/m0/s1. The van der Waals surface area contributed by atoms with E-state index < -0.39 is 8.32 Å². The van der Waals surface area contributed by atoms with E-state index >= 15 is 0 Å². The molecule has 43 heavy (non-hydrogen) atoms. The van der Waals surface area contributed by atoms with Crippen molar-refractivity contribution in [1.82, 2.24) is 0 Å². The van der Waals surface area contributed by atoms with E-state index in [2.05, 4.69) is 90.1 Å². The molecule has 4 nitrogen and oxygen atoms in total. The summed E-state index contributed by atoms with van der Waals surface area (Å²) >= 11 is 0. The molecule has 2 saturated carbocycles. The maximum absolute atomic E-state index is 11.4. The van der Waals surface area contributed by atoms with Crippen molar-refractivity contribution in [2.45, 2.75) is 150 Å². The molecular weight excluding hydrogens is 567 g/mol. The second-order valence-corrected chi connectivity index (χ2v) is 22.2. The van der Waals surface area contributed by atoms with E-state index in [0.717, 1.165) is 37.0 Å². The molecule has 0 saturated heterocycles. The lowest BCUT2D eigenvalue weighted by atomic mass is 9.47. The summed E-state index contributed by atoms with van der Waals surface area (Å²) in [6.07, 6.45) is 16.5. The van der Waals surface area contributed by atoms with Gasteiger partial charge in [0.2, 0.25) is 0 Å². The predicted molar refractivity (Wildman–Crippen MR) is 185 cm³/mol. The Labute approximate surface area is 268 Å². The first kappa shape index (κ1) is 35.4. The number of carbonyl (C=O) groups excluding carboxylic acids is 1. The molecule has 10 atom stereocenters. The molecule has 0 aromatic carbocycles. The zero-order chi connectivity index (χ0) is 32.0. The fourth-order valence-electron chi connectivity index (χ4n) is 9.58. The van der Waals surface area contributed by atoms with Gasteiger partial charge in [0.15, 0.2) is 8.32 Å². The van der Waals surface area contributed by atoms with Crippen LogP contribution in [0.5, 0.6) is 0 Å². The van der Waals surface area contributed by atoms with Gasteiger partial charge in [-0.1, -0.05) is 78.7 Å². The highest BCUT2D eigenvalue weighted by Crippen LogP contribution is 2.66. The highest BCUT2D eigenvalue weighted by Gasteiger charge is 2.58. The van der Waals surface area contributed by atoms with E-state index in [1.807, 2.05) is 0 Å². The summed E-state index contributed by atoms with van der Waals surface area (Å²) in [6.45, 7) is 26.1. The molecule has 246 valence electrons. The lowest BCUT2D eigenvalue weighted by Gasteiger charge is -2.58. The third-order valence-corrected chi connectivity index (χ3v) is 18.3. The van der Waals surface area contributed by atoms with Gasteiger partial charge in [-0.2, -0.15) is 0 Å². The quantitative estimate of drug-likeness (QED) is 0.0984. The molecule has 4 aliphatic carbocycles. The summed E-state index contributed by atoms with van der Waals surface area (Å²) in [6, 6.07) is 0. The van der Waals surface area contributed by atoms with E-state index in [1.165, 1.54) is 45.4 Å². The number of carbonyl (C=O) groups is 1. The van der Waals surface area contributed by atoms with Crippen molar-refractivity contribution < 1.29 is 18.5 Å². The Kier molecular flexibility index (Phi) is 11.0. The Morgan fingerprint density at radius 1 is 1.05 bits per heavy atom. The Bertz CT molecular complexity index is 1060. The molecule has 0 aliphatic heterocycles. The molecule has 0 radical (unpaired) electrons. The Balaban J connectivity index is 1.45. The van der Waals surface area contributed by atoms with Crippen molar-refractivity contribution in [2.75, 3.05) is 6.61 Å². The van der Waals surface area contributed by atoms with Gasteiger partial charge in [-0.3, -0.25) is 4.79 Å². The third-order valence-electron chi connectivity index (χ3n) is 13.5. The SMILES string of the molecule is CC(=O)OCCC(CC(OP)C(C)C1=CCC2C3CC=C4C[C@@H](O[Si](C)(C)C(C)(C)C)CC[C@]4(C)C3CC[C@]12C)C(C)C. The minimum Gasteiger partial charge on any atom is -0.466 e. The summed E-state index contributed by atoms with van der Waals surface area (Å²) in [5.74, 6) is 3.48. The highest BCUT2D eigenvalue weighted by atomic mass is 31.0. The molecule has 0 aromatic heterocycles. The van der Waals surface area contributed by atoms with Gasteiger partial charge in [-0.25, -0.2) is 0 Å². The average Bonchev–Trinajstić information content (AvgIpc) is 3.26. The monoisotopic (exact) mass is 632 g/mol. The van der Waals surface area contributed by atoms with Crippen LogP contribution in [-0.4, -0.2) is 33.1 Å². The molecule has 4 rings (SSSR count). The van der Waals surface area contributed by atoms with Gasteiger partial charge >= 0.3 is 5.97 Å². The lowest BCUT2D eigenvalue weighted by molar-refractivity contribution is -0.141. The van der Waals surface area contributed by atoms with Gasteiger partial charge in [0, 0.05) is 28.4 Å². The number of ether oxygens (including phenoxy) is 1. The van der Waals surface area contributed by atoms with Crippen LogP contribution in [0.25, 0.3) is 0 Å². The first-order valence-electron chi connectivity index (χ1n) is 17.5. The van der Waals surface area contributed by atoms with E-state index in [4.69, 9.17) is 13.7 Å². The van der Waals surface area contributed by atoms with Crippen molar-refractivity contribution >= 4 is 23.8 Å². The third kappa shape index (κ3) is 7.11. The summed E-state index contributed by atoms with van der Waals surface area (Å²) in [7, 11) is 0.825. The van der Waals surface area contributed by atoms with Gasteiger partial charge in [0.05, 0.1) is 12.7 Å². The fourth-order valence-corrected chi connectivity index (χ4v) is 11.3. The number of rotatable bonds is 11. The first-order valence-corrected chi connectivity index (χ1v) is 20.9. The molecule has 6 heteroatoms. The Morgan fingerprint density at radius 3 is 2.33 bits per heavy atom. The highest BCUT2D eigenvalue weighted by molar-refractivity contribution is 7.09. The van der Waals surface area contributed by atoms with Crippen molar-refractivity contribution in [1.29, 1.82) is 0 Å². The molecule has 7 unspecified atom stereocenters. The molecule has 0 N–H and O–H groups in total. The van der Waals surface area contributed by atoms with Crippen LogP contribution in [0.2, 0.25) is 18.1 Å². The van der Waals surface area contributed by atoms with E-state index in [9.17, 15) is 4.79 Å². The normalized spacial score (nSPS) is 34.8. The molecule has 0 heterocycles. The van der Waals surface area contributed by atoms with Crippen LogP contribution >= 0.6 is 9.47 Å². The minimum absolute atomic E-state index is 0.154. The smallest absolute Gasteiger partial charge is 0.302 e. The number of hydrogen-bond donors (Lipinski definition) is 0. The van der Waals surface area contributed by atoms with Crippen LogP contribution < -0.4 is 0 Å². The predicted octanol–water partition coefficient (Wildman–Crippen LogP) is 10.3. The first-order chi connectivity index (χ1) is 19.9. The molecule has 0 amide bonds. The van der Waals surface area contributed by atoms with Gasteiger partial charge < -0.3 is 13.7 Å². The molecule has 0 bridgehead atoms. The summed E-state index contributed by atoms with van der Waals surface area (Å²) < 4.78 is 18.4. The van der Waals surface area contributed by atoms with Crippen molar-refractivity contribution in [2.24, 2.45) is 46.3 Å². The summed E-state index contributed by atoms with van der Waals surface area (Å²) in [4.78, 5) is 11.4. The lowest BCUT2D eigenvalue weighted by Crippen LogP contribution is -2.52. The molecule has 4 aliphatic rings. The number of esters is 1. The Hall–Kier alpha value is -0.483. The van der Waals surface area contributed by atoms with E-state index in [1.54, 1.807) is 11.1 Å². The van der Waals surface area contributed by atoms with Crippen LogP contribution in [0.1, 0.15) is 120 Å². The van der Waals surface area contributed by atoms with E-state index in [0.29, 0.717) is 35.9 Å². The van der Waals surface area contributed by atoms with Crippen molar-refractivity contribution in [3.8, 4) is 0 Å². The van der Waals surface area contributed by atoms with Gasteiger partial charge in [-0.05, 0) is 116 Å². The van der Waals surface area contributed by atoms with Crippen LogP contribution in [0.4, 0.5) is 0 Å². The van der Waals surface area contributed by atoms with Crippen LogP contribution in [-0.2, 0) is 18.5 Å². The van der Waals surface area contributed by atoms with Gasteiger partial charge in [-0.15, -0.1) is 0 Å². The van der Waals surface area contributed by atoms with E-state index in [-0.39, 0.29) is 22.5 Å². The maximum Gasteiger partial charge on any atom is 0.302 e. The molecule has 0 aromatic rings. The summed E-state index contributed by atoms with van der Waals surface area (Å²) in [5.41, 5.74) is 3.97. The van der Waals surface area contributed by atoms with Crippen LogP contribution in [0.3, 0.4) is 0 Å². The van der Waals surface area contributed by atoms with Crippen molar-refractivity contribution in [3.05, 3.63) is 23.3 Å². The summed E-state index contributed by atoms with van der Waals surface area (Å²) in [5, 5.41) is 0.262. The second kappa shape index (κ2) is 13.3. The molecule has 2 fully saturated rings. The maximum atomic E-state index is 11.4. The average molecular weight is 633 g/mol. The molecular formula is C37H65O4PSi. The number of hydrogen-bond acceptors (Lipinski definition) is 4. The fraction of sp³-hybridized carbons (Fsp3) is 0.865.